The van der Waals surface area contributed by atoms with Gasteiger partial charge in [0, 0.05) is 37.3 Å². The summed E-state index contributed by atoms with van der Waals surface area (Å²) in [5, 5.41) is 5.41. The molecule has 2 aromatic rings. The first-order chi connectivity index (χ1) is 14.8. The molecule has 0 aliphatic carbocycles. The molecule has 2 N–H and O–H groups in total. The van der Waals surface area contributed by atoms with Gasteiger partial charge in [0.2, 0.25) is 5.91 Å². The van der Waals surface area contributed by atoms with Crippen LogP contribution in [0.15, 0.2) is 47.3 Å². The fourth-order valence-corrected chi connectivity index (χ4v) is 4.59. The number of rotatable bonds is 4. The second kappa shape index (κ2) is 8.53. The van der Waals surface area contributed by atoms with Crippen molar-refractivity contribution < 1.29 is 14.0 Å². The average molecular weight is 426 g/mol. The van der Waals surface area contributed by atoms with Crippen LogP contribution in [0.4, 0.5) is 14.9 Å². The SMILES string of the molecule is CC(C)[C@H](NC(=O)N1C[C@@H]2C[C@@H](C1)c1cccc(=O)n1C2)C(=O)Nc1ccccc1F. The number of piperidine rings is 1. The van der Waals surface area contributed by atoms with E-state index in [2.05, 4.69) is 10.6 Å². The van der Waals surface area contributed by atoms with Crippen LogP contribution in [0.1, 0.15) is 31.9 Å². The molecule has 8 heteroatoms. The van der Waals surface area contributed by atoms with Crippen molar-refractivity contribution in [2.45, 2.75) is 38.8 Å². The topological polar surface area (TPSA) is 83.4 Å². The average Bonchev–Trinajstić information content (AvgIpc) is 2.74. The van der Waals surface area contributed by atoms with Crippen LogP contribution in [0.25, 0.3) is 0 Å². The Morgan fingerprint density at radius 1 is 1.06 bits per heavy atom. The van der Waals surface area contributed by atoms with Crippen molar-refractivity contribution in [3.63, 3.8) is 0 Å². The number of urea groups is 1. The van der Waals surface area contributed by atoms with Crippen molar-refractivity contribution in [2.75, 3.05) is 18.4 Å². The van der Waals surface area contributed by atoms with Gasteiger partial charge in [0.1, 0.15) is 11.9 Å². The Morgan fingerprint density at radius 3 is 2.58 bits per heavy atom. The highest BCUT2D eigenvalue weighted by Crippen LogP contribution is 2.34. The molecule has 0 unspecified atom stereocenters. The number of halogens is 1. The number of carbonyl (C=O) groups excluding carboxylic acids is 2. The summed E-state index contributed by atoms with van der Waals surface area (Å²) in [4.78, 5) is 39.7. The van der Waals surface area contributed by atoms with Gasteiger partial charge in [-0.2, -0.15) is 0 Å². The molecule has 0 spiro atoms. The van der Waals surface area contributed by atoms with Crippen LogP contribution in [-0.2, 0) is 11.3 Å². The summed E-state index contributed by atoms with van der Waals surface area (Å²) in [7, 11) is 0. The number of pyridine rings is 1. The van der Waals surface area contributed by atoms with Gasteiger partial charge in [0.25, 0.3) is 5.56 Å². The molecular formula is C23H27FN4O3. The second-order valence-electron chi connectivity index (χ2n) is 8.74. The Bertz CT molecular complexity index is 1050. The third kappa shape index (κ3) is 4.33. The molecule has 3 amide bonds. The lowest BCUT2D eigenvalue weighted by atomic mass is 9.83. The van der Waals surface area contributed by atoms with E-state index in [4.69, 9.17) is 0 Å². The molecule has 2 aliphatic heterocycles. The molecule has 2 bridgehead atoms. The van der Waals surface area contributed by atoms with Gasteiger partial charge in [-0.1, -0.05) is 32.0 Å². The van der Waals surface area contributed by atoms with E-state index < -0.39 is 17.8 Å². The lowest BCUT2D eigenvalue weighted by molar-refractivity contribution is -0.118. The molecule has 0 radical (unpaired) electrons. The molecule has 7 nitrogen and oxygen atoms in total. The smallest absolute Gasteiger partial charge is 0.318 e. The van der Waals surface area contributed by atoms with Gasteiger partial charge in [-0.25, -0.2) is 9.18 Å². The Balaban J connectivity index is 1.46. The Labute approximate surface area is 180 Å². The summed E-state index contributed by atoms with van der Waals surface area (Å²) in [5.74, 6) is -0.872. The van der Waals surface area contributed by atoms with Crippen molar-refractivity contribution in [3.8, 4) is 0 Å². The summed E-state index contributed by atoms with van der Waals surface area (Å²) in [6, 6.07) is 10.1. The summed E-state index contributed by atoms with van der Waals surface area (Å²) < 4.78 is 15.7. The number of para-hydroxylation sites is 1. The molecule has 4 rings (SSSR count). The third-order valence-corrected chi connectivity index (χ3v) is 6.13. The Morgan fingerprint density at radius 2 is 1.84 bits per heavy atom. The third-order valence-electron chi connectivity index (χ3n) is 6.13. The van der Waals surface area contributed by atoms with E-state index in [0.717, 1.165) is 12.1 Å². The summed E-state index contributed by atoms with van der Waals surface area (Å²) in [6.07, 6.45) is 0.939. The molecule has 1 saturated heterocycles. The lowest BCUT2D eigenvalue weighted by Crippen LogP contribution is -2.56. The molecule has 0 saturated carbocycles. The highest BCUT2D eigenvalue weighted by Gasteiger charge is 2.37. The first-order valence-corrected chi connectivity index (χ1v) is 10.6. The number of likely N-dealkylation sites (tertiary alicyclic amines) is 1. The number of nitrogens with one attached hydrogen (secondary N) is 2. The maximum atomic E-state index is 13.9. The normalized spacial score (nSPS) is 20.7. The van der Waals surface area contributed by atoms with Crippen LogP contribution in [0, 0.1) is 17.7 Å². The van der Waals surface area contributed by atoms with E-state index in [-0.39, 0.29) is 35.0 Å². The zero-order chi connectivity index (χ0) is 22.1. The molecular weight excluding hydrogens is 399 g/mol. The number of benzene rings is 1. The van der Waals surface area contributed by atoms with Crippen LogP contribution >= 0.6 is 0 Å². The van der Waals surface area contributed by atoms with Crippen LogP contribution < -0.4 is 16.2 Å². The van der Waals surface area contributed by atoms with E-state index in [1.54, 1.807) is 29.2 Å². The van der Waals surface area contributed by atoms with Gasteiger partial charge in [-0.3, -0.25) is 9.59 Å². The van der Waals surface area contributed by atoms with Crippen LogP contribution in [0.2, 0.25) is 0 Å². The number of aromatic nitrogens is 1. The van der Waals surface area contributed by atoms with Crippen molar-refractivity contribution in [1.29, 1.82) is 0 Å². The Kier molecular flexibility index (Phi) is 5.80. The van der Waals surface area contributed by atoms with Gasteiger partial charge >= 0.3 is 6.03 Å². The minimum absolute atomic E-state index is 0.00483. The highest BCUT2D eigenvalue weighted by molar-refractivity contribution is 5.97. The van der Waals surface area contributed by atoms with Crippen LogP contribution in [0.3, 0.4) is 0 Å². The van der Waals surface area contributed by atoms with Gasteiger partial charge < -0.3 is 20.1 Å². The maximum absolute atomic E-state index is 13.9. The molecule has 164 valence electrons. The van der Waals surface area contributed by atoms with Crippen LogP contribution in [-0.4, -0.2) is 40.5 Å². The summed E-state index contributed by atoms with van der Waals surface area (Å²) in [6.45, 7) is 5.28. The molecule has 1 aromatic carbocycles. The lowest BCUT2D eigenvalue weighted by Gasteiger charge is -2.43. The predicted octanol–water partition coefficient (Wildman–Crippen LogP) is 2.78. The number of hydrogen-bond donors (Lipinski definition) is 2. The van der Waals surface area contributed by atoms with Crippen molar-refractivity contribution >= 4 is 17.6 Å². The number of amides is 3. The summed E-state index contributed by atoms with van der Waals surface area (Å²) in [5.41, 5.74) is 1.04. The fourth-order valence-electron chi connectivity index (χ4n) is 4.59. The minimum Gasteiger partial charge on any atom is -0.326 e. The van der Waals surface area contributed by atoms with Gasteiger partial charge in [-0.15, -0.1) is 0 Å². The zero-order valence-electron chi connectivity index (χ0n) is 17.7. The van der Waals surface area contributed by atoms with E-state index in [1.165, 1.54) is 12.1 Å². The number of hydrogen-bond acceptors (Lipinski definition) is 3. The monoisotopic (exact) mass is 426 g/mol. The molecule has 3 heterocycles. The number of nitrogens with zero attached hydrogens (tertiary/aromatic N) is 2. The number of anilines is 1. The van der Waals surface area contributed by atoms with E-state index >= 15 is 0 Å². The largest absolute Gasteiger partial charge is 0.326 e. The Hall–Kier alpha value is -3.16. The zero-order valence-corrected chi connectivity index (χ0v) is 17.7. The fraction of sp³-hybridized carbons (Fsp3) is 0.435. The summed E-state index contributed by atoms with van der Waals surface area (Å²) >= 11 is 0. The van der Waals surface area contributed by atoms with Gasteiger partial charge in [0.05, 0.1) is 5.69 Å². The van der Waals surface area contributed by atoms with Gasteiger partial charge in [-0.05, 0) is 36.5 Å². The minimum atomic E-state index is -0.802. The molecule has 1 aromatic heterocycles. The van der Waals surface area contributed by atoms with Gasteiger partial charge in [0.15, 0.2) is 0 Å². The highest BCUT2D eigenvalue weighted by atomic mass is 19.1. The predicted molar refractivity (Wildman–Crippen MR) is 115 cm³/mol. The maximum Gasteiger partial charge on any atom is 0.318 e. The second-order valence-corrected chi connectivity index (χ2v) is 8.74. The first-order valence-electron chi connectivity index (χ1n) is 10.6. The molecule has 31 heavy (non-hydrogen) atoms. The van der Waals surface area contributed by atoms with E-state index in [9.17, 15) is 18.8 Å². The number of fused-ring (bicyclic) bond motifs is 4. The standard InChI is InChI=1S/C23H27FN4O3/c1-14(2)21(22(30)25-18-7-4-3-6-17(18)24)26-23(31)27-11-15-10-16(13-27)19-8-5-9-20(29)28(19)12-15/h3-9,14-16,21H,10-13H2,1-2H3,(H,25,30)(H,26,31)/t15-,16-,21-/m0/s1. The molecule has 2 aliphatic rings. The van der Waals surface area contributed by atoms with E-state index in [1.807, 2.05) is 24.5 Å². The first kappa shape index (κ1) is 21.1. The quantitative estimate of drug-likeness (QED) is 0.789. The molecule has 3 atom stereocenters. The van der Waals surface area contributed by atoms with Crippen molar-refractivity contribution in [3.05, 3.63) is 64.3 Å². The number of carbonyl (C=O) groups is 2. The molecule has 1 fully saturated rings. The van der Waals surface area contributed by atoms with E-state index in [0.29, 0.717) is 19.6 Å². The van der Waals surface area contributed by atoms with Crippen LogP contribution in [0.5, 0.6) is 0 Å². The van der Waals surface area contributed by atoms with Crippen molar-refractivity contribution in [2.24, 2.45) is 11.8 Å². The van der Waals surface area contributed by atoms with Crippen molar-refractivity contribution in [1.82, 2.24) is 14.8 Å².